The molecule has 1 saturated carbocycles. The molecule has 0 saturated heterocycles. The van der Waals surface area contributed by atoms with Gasteiger partial charge in [0.25, 0.3) is 0 Å². The van der Waals surface area contributed by atoms with Gasteiger partial charge in [-0.2, -0.15) is 0 Å². The van der Waals surface area contributed by atoms with E-state index in [2.05, 4.69) is 6.92 Å². The largest absolute Gasteiger partial charge is 0.462 e. The highest BCUT2D eigenvalue weighted by atomic mass is 16.5. The van der Waals surface area contributed by atoms with Crippen molar-refractivity contribution in [3.05, 3.63) is 35.4 Å². The average Bonchev–Trinajstić information content (AvgIpc) is 2.69. The Kier molecular flexibility index (Phi) is 9.22. The van der Waals surface area contributed by atoms with Gasteiger partial charge in [-0.1, -0.05) is 51.9 Å². The third-order valence-electron chi connectivity index (χ3n) is 5.01. The number of rotatable bonds is 10. The maximum Gasteiger partial charge on any atom is 0.338 e. The van der Waals surface area contributed by atoms with Gasteiger partial charge in [-0.3, -0.25) is 0 Å². The number of carbonyl (C=O) groups excluding carboxylic acids is 2. The Hall–Kier alpha value is -1.84. The third kappa shape index (κ3) is 7.19. The van der Waals surface area contributed by atoms with Crippen molar-refractivity contribution in [3.63, 3.8) is 0 Å². The van der Waals surface area contributed by atoms with E-state index >= 15 is 0 Å². The first-order valence-electron chi connectivity index (χ1n) is 10.1. The van der Waals surface area contributed by atoms with E-state index in [9.17, 15) is 9.59 Å². The highest BCUT2D eigenvalue weighted by Crippen LogP contribution is 2.24. The van der Waals surface area contributed by atoms with Crippen LogP contribution in [0.2, 0.25) is 0 Å². The van der Waals surface area contributed by atoms with Gasteiger partial charge in [-0.25, -0.2) is 9.59 Å². The molecule has 1 aromatic rings. The smallest absolute Gasteiger partial charge is 0.338 e. The number of benzene rings is 1. The van der Waals surface area contributed by atoms with Crippen LogP contribution in [-0.4, -0.2) is 25.2 Å². The second kappa shape index (κ2) is 11.7. The lowest BCUT2D eigenvalue weighted by molar-refractivity contribution is 0.0408. The molecule has 0 atom stereocenters. The van der Waals surface area contributed by atoms with Gasteiger partial charge in [0.1, 0.15) is 0 Å². The van der Waals surface area contributed by atoms with E-state index in [1.165, 1.54) is 38.5 Å². The molecule has 144 valence electrons. The Morgan fingerprint density at radius 3 is 2.04 bits per heavy atom. The van der Waals surface area contributed by atoms with Crippen LogP contribution >= 0.6 is 0 Å². The number of ether oxygens (including phenoxy) is 2. The summed E-state index contributed by atoms with van der Waals surface area (Å²) in [7, 11) is 0. The van der Waals surface area contributed by atoms with Crippen LogP contribution in [0.25, 0.3) is 0 Å². The Bertz CT molecular complexity index is 544. The fourth-order valence-electron chi connectivity index (χ4n) is 3.33. The summed E-state index contributed by atoms with van der Waals surface area (Å²) in [6, 6.07) is 6.55. The monoisotopic (exact) mass is 360 g/mol. The highest BCUT2D eigenvalue weighted by molar-refractivity contribution is 5.93. The van der Waals surface area contributed by atoms with Crippen molar-refractivity contribution in [2.75, 3.05) is 13.2 Å². The van der Waals surface area contributed by atoms with Crippen LogP contribution in [0.3, 0.4) is 0 Å². The number of carbonyl (C=O) groups is 2. The molecule has 0 aliphatic heterocycles. The summed E-state index contributed by atoms with van der Waals surface area (Å²) in [4.78, 5) is 24.1. The first-order chi connectivity index (χ1) is 12.7. The van der Waals surface area contributed by atoms with Gasteiger partial charge in [0.15, 0.2) is 0 Å². The topological polar surface area (TPSA) is 52.6 Å². The zero-order chi connectivity index (χ0) is 18.6. The summed E-state index contributed by atoms with van der Waals surface area (Å²) in [5.74, 6) is -0.145. The minimum absolute atomic E-state index is 0.314. The summed E-state index contributed by atoms with van der Waals surface area (Å²) in [5.41, 5.74) is 0.958. The molecule has 0 heterocycles. The van der Waals surface area contributed by atoms with Gasteiger partial charge in [0.05, 0.1) is 24.3 Å². The van der Waals surface area contributed by atoms with Crippen LogP contribution in [0.5, 0.6) is 0 Å². The predicted octanol–water partition coefficient (Wildman–Crippen LogP) is 5.55. The van der Waals surface area contributed by atoms with Crippen molar-refractivity contribution in [2.45, 2.75) is 71.1 Å². The van der Waals surface area contributed by atoms with E-state index in [0.29, 0.717) is 30.3 Å². The number of hydrogen-bond acceptors (Lipinski definition) is 4. The van der Waals surface area contributed by atoms with Crippen LogP contribution in [0.1, 0.15) is 91.8 Å². The Labute approximate surface area is 157 Å². The van der Waals surface area contributed by atoms with Crippen molar-refractivity contribution < 1.29 is 19.1 Å². The van der Waals surface area contributed by atoms with Crippen molar-refractivity contribution in [3.8, 4) is 0 Å². The van der Waals surface area contributed by atoms with E-state index in [1.807, 2.05) is 0 Å². The minimum Gasteiger partial charge on any atom is -0.462 e. The van der Waals surface area contributed by atoms with Crippen LogP contribution in [0.4, 0.5) is 0 Å². The van der Waals surface area contributed by atoms with E-state index in [0.717, 1.165) is 25.7 Å². The molecule has 1 aliphatic carbocycles. The van der Waals surface area contributed by atoms with Crippen molar-refractivity contribution in [1.82, 2.24) is 0 Å². The van der Waals surface area contributed by atoms with Crippen molar-refractivity contribution in [1.29, 1.82) is 0 Å². The lowest BCUT2D eigenvalue weighted by atomic mass is 9.90. The van der Waals surface area contributed by atoms with Gasteiger partial charge in [-0.15, -0.1) is 0 Å². The van der Waals surface area contributed by atoms with Crippen LogP contribution in [0.15, 0.2) is 24.3 Å². The van der Waals surface area contributed by atoms with Gasteiger partial charge in [-0.05, 0) is 49.4 Å². The normalized spacial score (nSPS) is 14.8. The third-order valence-corrected chi connectivity index (χ3v) is 5.01. The summed E-state index contributed by atoms with van der Waals surface area (Å²) in [5, 5.41) is 0. The van der Waals surface area contributed by atoms with Crippen molar-refractivity contribution >= 4 is 11.9 Å². The number of hydrogen-bond donors (Lipinski definition) is 0. The fraction of sp³-hybridized carbons (Fsp3) is 0.636. The highest BCUT2D eigenvalue weighted by Gasteiger charge is 2.16. The Balaban J connectivity index is 1.70. The lowest BCUT2D eigenvalue weighted by Crippen LogP contribution is -2.17. The molecule has 0 spiro atoms. The van der Waals surface area contributed by atoms with Crippen LogP contribution in [-0.2, 0) is 9.47 Å². The first kappa shape index (κ1) is 20.5. The molecule has 0 aromatic heterocycles. The van der Waals surface area contributed by atoms with E-state index < -0.39 is 0 Å². The van der Waals surface area contributed by atoms with E-state index in [-0.39, 0.29) is 11.9 Å². The SMILES string of the molecule is CCCCCCCOC(=O)c1ccc(C(=O)OCC2CCCCC2)cc1. The fourth-order valence-corrected chi connectivity index (χ4v) is 3.33. The summed E-state index contributed by atoms with van der Waals surface area (Å²) < 4.78 is 10.7. The van der Waals surface area contributed by atoms with E-state index in [1.54, 1.807) is 24.3 Å². The predicted molar refractivity (Wildman–Crippen MR) is 102 cm³/mol. The summed E-state index contributed by atoms with van der Waals surface area (Å²) in [6.07, 6.45) is 11.7. The molecular formula is C22H32O4. The first-order valence-corrected chi connectivity index (χ1v) is 10.1. The van der Waals surface area contributed by atoms with Gasteiger partial charge < -0.3 is 9.47 Å². The standard InChI is InChI=1S/C22H32O4/c1-2-3-4-5-9-16-25-21(23)19-12-14-20(15-13-19)22(24)26-17-18-10-7-6-8-11-18/h12-15,18H,2-11,16-17H2,1H3. The molecule has 0 unspecified atom stereocenters. The molecule has 1 fully saturated rings. The maximum absolute atomic E-state index is 12.1. The maximum atomic E-state index is 12.1. The zero-order valence-electron chi connectivity index (χ0n) is 16.0. The van der Waals surface area contributed by atoms with Gasteiger partial charge >= 0.3 is 11.9 Å². The molecule has 0 bridgehead atoms. The van der Waals surface area contributed by atoms with E-state index in [4.69, 9.17) is 9.47 Å². The summed E-state index contributed by atoms with van der Waals surface area (Å²) in [6.45, 7) is 3.13. The molecule has 4 nitrogen and oxygen atoms in total. The lowest BCUT2D eigenvalue weighted by Gasteiger charge is -2.21. The Morgan fingerprint density at radius 2 is 1.42 bits per heavy atom. The number of esters is 2. The minimum atomic E-state index is -0.331. The second-order valence-electron chi connectivity index (χ2n) is 7.23. The molecule has 0 N–H and O–H groups in total. The average molecular weight is 360 g/mol. The Morgan fingerprint density at radius 1 is 0.846 bits per heavy atom. The molecule has 1 aliphatic rings. The molecule has 1 aromatic carbocycles. The molecule has 26 heavy (non-hydrogen) atoms. The van der Waals surface area contributed by atoms with Gasteiger partial charge in [0.2, 0.25) is 0 Å². The molecule has 0 amide bonds. The molecule has 4 heteroatoms. The van der Waals surface area contributed by atoms with Gasteiger partial charge in [0, 0.05) is 0 Å². The number of unbranched alkanes of at least 4 members (excludes halogenated alkanes) is 4. The van der Waals surface area contributed by atoms with Crippen molar-refractivity contribution in [2.24, 2.45) is 5.92 Å². The van der Waals surface area contributed by atoms with Crippen LogP contribution < -0.4 is 0 Å². The van der Waals surface area contributed by atoms with Crippen LogP contribution in [0, 0.1) is 5.92 Å². The molecular weight excluding hydrogens is 328 g/mol. The second-order valence-corrected chi connectivity index (χ2v) is 7.23. The summed E-state index contributed by atoms with van der Waals surface area (Å²) >= 11 is 0. The molecule has 2 rings (SSSR count). The zero-order valence-corrected chi connectivity index (χ0v) is 16.0. The molecule has 0 radical (unpaired) electrons. The quantitative estimate of drug-likeness (QED) is 0.405.